The SMILES string of the molecule is CCc1nc(C)sc1CN1CC2(CCN(C(C)=O)CC2)CC1C(=O)O. The van der Waals surface area contributed by atoms with Gasteiger partial charge in [0.15, 0.2) is 0 Å². The number of aliphatic carboxylic acids is 1. The fourth-order valence-electron chi connectivity index (χ4n) is 4.31. The van der Waals surface area contributed by atoms with Crippen molar-refractivity contribution in [2.75, 3.05) is 19.6 Å². The Morgan fingerprint density at radius 1 is 1.36 bits per heavy atom. The first-order valence-corrected chi connectivity index (χ1v) is 9.83. The fraction of sp³-hybridized carbons (Fsp3) is 0.722. The van der Waals surface area contributed by atoms with Gasteiger partial charge in [0.2, 0.25) is 5.91 Å². The molecule has 2 fully saturated rings. The lowest BCUT2D eigenvalue weighted by Gasteiger charge is -2.39. The molecule has 1 amide bonds. The molecule has 0 bridgehead atoms. The van der Waals surface area contributed by atoms with E-state index in [1.54, 1.807) is 18.3 Å². The molecule has 1 unspecified atom stereocenters. The van der Waals surface area contributed by atoms with Gasteiger partial charge in [-0.2, -0.15) is 0 Å². The number of nitrogens with zero attached hydrogens (tertiary/aromatic N) is 3. The maximum absolute atomic E-state index is 11.8. The summed E-state index contributed by atoms with van der Waals surface area (Å²) in [5, 5.41) is 10.8. The number of hydrogen-bond acceptors (Lipinski definition) is 5. The highest BCUT2D eigenvalue weighted by molar-refractivity contribution is 7.11. The number of carbonyl (C=O) groups is 2. The van der Waals surface area contributed by atoms with E-state index in [1.165, 1.54) is 4.88 Å². The molecule has 1 N–H and O–H groups in total. The first-order valence-electron chi connectivity index (χ1n) is 9.01. The molecule has 2 aliphatic rings. The Morgan fingerprint density at radius 2 is 2.04 bits per heavy atom. The van der Waals surface area contributed by atoms with Crippen molar-refractivity contribution in [1.29, 1.82) is 0 Å². The van der Waals surface area contributed by atoms with E-state index >= 15 is 0 Å². The van der Waals surface area contributed by atoms with Crippen molar-refractivity contribution in [3.05, 3.63) is 15.6 Å². The van der Waals surface area contributed by atoms with Gasteiger partial charge in [0.25, 0.3) is 0 Å². The number of piperidine rings is 1. The maximum Gasteiger partial charge on any atom is 0.320 e. The minimum absolute atomic E-state index is 0.0289. The molecule has 0 aromatic carbocycles. The van der Waals surface area contributed by atoms with Crippen molar-refractivity contribution in [3.63, 3.8) is 0 Å². The number of rotatable bonds is 4. The van der Waals surface area contributed by atoms with Gasteiger partial charge in [0, 0.05) is 38.0 Å². The third kappa shape index (κ3) is 3.72. The second-order valence-corrected chi connectivity index (χ2v) is 8.71. The molecular weight excluding hydrogens is 338 g/mol. The Bertz CT molecular complexity index is 665. The zero-order valence-electron chi connectivity index (χ0n) is 15.2. The lowest BCUT2D eigenvalue weighted by atomic mass is 9.76. The number of likely N-dealkylation sites (tertiary alicyclic amines) is 2. The second-order valence-electron chi connectivity index (χ2n) is 7.43. The number of carboxylic acids is 1. The predicted molar refractivity (Wildman–Crippen MR) is 96.6 cm³/mol. The zero-order chi connectivity index (χ0) is 18.2. The van der Waals surface area contributed by atoms with Crippen molar-refractivity contribution >= 4 is 23.2 Å². The summed E-state index contributed by atoms with van der Waals surface area (Å²) < 4.78 is 0. The highest BCUT2D eigenvalue weighted by Crippen LogP contribution is 2.44. The predicted octanol–water partition coefficient (Wildman–Crippen LogP) is 2.30. The van der Waals surface area contributed by atoms with Crippen LogP contribution >= 0.6 is 11.3 Å². The normalized spacial score (nSPS) is 23.3. The quantitative estimate of drug-likeness (QED) is 0.886. The summed E-state index contributed by atoms with van der Waals surface area (Å²) in [4.78, 5) is 33.2. The summed E-state index contributed by atoms with van der Waals surface area (Å²) in [6, 6.07) is -0.434. The number of hydrogen-bond donors (Lipinski definition) is 1. The monoisotopic (exact) mass is 365 g/mol. The average molecular weight is 365 g/mol. The van der Waals surface area contributed by atoms with Gasteiger partial charge in [-0.05, 0) is 38.0 Å². The van der Waals surface area contributed by atoms with Gasteiger partial charge in [-0.3, -0.25) is 14.5 Å². The van der Waals surface area contributed by atoms with E-state index in [-0.39, 0.29) is 11.3 Å². The Hall–Kier alpha value is -1.47. The Balaban J connectivity index is 1.75. The third-order valence-corrected chi connectivity index (χ3v) is 6.72. The smallest absolute Gasteiger partial charge is 0.320 e. The van der Waals surface area contributed by atoms with Crippen LogP contribution in [0.25, 0.3) is 0 Å². The summed E-state index contributed by atoms with van der Waals surface area (Å²) in [7, 11) is 0. The third-order valence-electron chi connectivity index (χ3n) is 5.73. The van der Waals surface area contributed by atoms with Crippen LogP contribution in [0.3, 0.4) is 0 Å². The topological polar surface area (TPSA) is 73.7 Å². The Kier molecular flexibility index (Phi) is 5.16. The lowest BCUT2D eigenvalue weighted by molar-refractivity contribution is -0.142. The molecule has 1 aromatic rings. The highest BCUT2D eigenvalue weighted by Gasteiger charge is 2.48. The molecule has 0 aliphatic carbocycles. The lowest BCUT2D eigenvalue weighted by Crippen LogP contribution is -2.43. The molecule has 138 valence electrons. The van der Waals surface area contributed by atoms with Crippen LogP contribution in [0.5, 0.6) is 0 Å². The first kappa shape index (κ1) is 18.3. The van der Waals surface area contributed by atoms with Crippen LogP contribution in [-0.2, 0) is 22.6 Å². The van der Waals surface area contributed by atoms with E-state index in [2.05, 4.69) is 16.8 Å². The van der Waals surface area contributed by atoms with Crippen molar-refractivity contribution in [1.82, 2.24) is 14.8 Å². The molecule has 1 spiro atoms. The van der Waals surface area contributed by atoms with Crippen molar-refractivity contribution < 1.29 is 14.7 Å². The van der Waals surface area contributed by atoms with E-state index in [0.717, 1.165) is 49.6 Å². The summed E-state index contributed by atoms with van der Waals surface area (Å²) in [6.07, 6.45) is 3.36. The molecule has 0 saturated carbocycles. The van der Waals surface area contributed by atoms with Crippen molar-refractivity contribution in [2.24, 2.45) is 5.41 Å². The maximum atomic E-state index is 11.8. The van der Waals surface area contributed by atoms with E-state index in [9.17, 15) is 14.7 Å². The molecular formula is C18H27N3O3S. The number of carbonyl (C=O) groups excluding carboxylic acids is 1. The van der Waals surface area contributed by atoms with Gasteiger partial charge in [0.05, 0.1) is 10.7 Å². The number of thiazole rings is 1. The largest absolute Gasteiger partial charge is 0.480 e. The average Bonchev–Trinajstić information content (AvgIpc) is 3.09. The molecule has 1 atom stereocenters. The van der Waals surface area contributed by atoms with Crippen LogP contribution in [-0.4, -0.2) is 57.4 Å². The van der Waals surface area contributed by atoms with Gasteiger partial charge in [-0.15, -0.1) is 11.3 Å². The summed E-state index contributed by atoms with van der Waals surface area (Å²) in [5.74, 6) is -0.614. The molecule has 25 heavy (non-hydrogen) atoms. The van der Waals surface area contributed by atoms with Gasteiger partial charge in [-0.1, -0.05) is 6.92 Å². The van der Waals surface area contributed by atoms with Gasteiger partial charge >= 0.3 is 5.97 Å². The fourth-order valence-corrected chi connectivity index (χ4v) is 5.36. The number of aryl methyl sites for hydroxylation is 2. The summed E-state index contributed by atoms with van der Waals surface area (Å²) >= 11 is 1.68. The standard InChI is InChI=1S/C18H27N3O3S/c1-4-14-16(25-12(2)19-14)10-21-11-18(9-15(21)17(23)24)5-7-20(8-6-18)13(3)22/h15H,4-11H2,1-3H3,(H,23,24). The van der Waals surface area contributed by atoms with Crippen molar-refractivity contribution in [3.8, 4) is 0 Å². The molecule has 2 aliphatic heterocycles. The van der Waals surface area contributed by atoms with Crippen molar-refractivity contribution in [2.45, 2.75) is 59.0 Å². The van der Waals surface area contributed by atoms with Gasteiger partial charge in [-0.25, -0.2) is 4.98 Å². The van der Waals surface area contributed by atoms with Crippen LogP contribution in [0.1, 0.15) is 48.7 Å². The van der Waals surface area contributed by atoms with Gasteiger partial charge < -0.3 is 10.0 Å². The van der Waals surface area contributed by atoms with E-state index in [1.807, 2.05) is 11.8 Å². The summed E-state index contributed by atoms with van der Waals surface area (Å²) in [5.41, 5.74) is 1.13. The van der Waals surface area contributed by atoms with E-state index in [4.69, 9.17) is 0 Å². The highest BCUT2D eigenvalue weighted by atomic mass is 32.1. The van der Waals surface area contributed by atoms with Crippen LogP contribution in [0.15, 0.2) is 0 Å². The number of amides is 1. The van der Waals surface area contributed by atoms with Crippen LogP contribution in [0, 0.1) is 12.3 Å². The molecule has 3 rings (SSSR count). The Labute approximate surface area is 152 Å². The molecule has 7 heteroatoms. The van der Waals surface area contributed by atoms with Crippen LogP contribution in [0.2, 0.25) is 0 Å². The summed E-state index contributed by atoms with van der Waals surface area (Å²) in [6.45, 7) is 8.67. The molecule has 2 saturated heterocycles. The molecule has 0 radical (unpaired) electrons. The zero-order valence-corrected chi connectivity index (χ0v) is 16.1. The number of aromatic nitrogens is 1. The van der Waals surface area contributed by atoms with E-state index in [0.29, 0.717) is 13.0 Å². The van der Waals surface area contributed by atoms with Crippen LogP contribution in [0.4, 0.5) is 0 Å². The van der Waals surface area contributed by atoms with Crippen LogP contribution < -0.4 is 0 Å². The molecule has 1 aromatic heterocycles. The minimum atomic E-state index is -0.731. The Morgan fingerprint density at radius 3 is 2.60 bits per heavy atom. The minimum Gasteiger partial charge on any atom is -0.480 e. The molecule has 6 nitrogen and oxygen atoms in total. The van der Waals surface area contributed by atoms with Gasteiger partial charge in [0.1, 0.15) is 6.04 Å². The molecule has 3 heterocycles. The first-order chi connectivity index (χ1) is 11.8. The number of carboxylic acid groups (broad SMARTS) is 1. The second kappa shape index (κ2) is 7.03. The van der Waals surface area contributed by atoms with E-state index < -0.39 is 12.0 Å².